The SMILES string of the molecule is C[C@H](O)c1ccc(Br)cc1OCC1(O)CCCC1. The van der Waals surface area contributed by atoms with Crippen molar-refractivity contribution in [3.05, 3.63) is 28.2 Å². The van der Waals surface area contributed by atoms with Crippen molar-refractivity contribution in [2.24, 2.45) is 0 Å². The van der Waals surface area contributed by atoms with Crippen molar-refractivity contribution in [1.82, 2.24) is 0 Å². The van der Waals surface area contributed by atoms with E-state index in [1.807, 2.05) is 18.2 Å². The molecule has 1 fully saturated rings. The summed E-state index contributed by atoms with van der Waals surface area (Å²) in [5.74, 6) is 0.639. The van der Waals surface area contributed by atoms with Gasteiger partial charge in [0.15, 0.2) is 0 Å². The van der Waals surface area contributed by atoms with Crippen molar-refractivity contribution in [3.8, 4) is 5.75 Å². The molecule has 0 unspecified atom stereocenters. The molecule has 0 aromatic heterocycles. The lowest BCUT2D eigenvalue weighted by molar-refractivity contribution is 0.000454. The lowest BCUT2D eigenvalue weighted by Gasteiger charge is -2.23. The molecule has 0 bridgehead atoms. The Labute approximate surface area is 116 Å². The average molecular weight is 315 g/mol. The van der Waals surface area contributed by atoms with Gasteiger partial charge < -0.3 is 14.9 Å². The van der Waals surface area contributed by atoms with Crippen LogP contribution in [0.1, 0.15) is 44.3 Å². The van der Waals surface area contributed by atoms with E-state index in [9.17, 15) is 10.2 Å². The summed E-state index contributed by atoms with van der Waals surface area (Å²) in [6, 6.07) is 5.54. The summed E-state index contributed by atoms with van der Waals surface area (Å²) >= 11 is 3.39. The van der Waals surface area contributed by atoms with E-state index in [1.165, 1.54) is 0 Å². The van der Waals surface area contributed by atoms with Gasteiger partial charge in [0.05, 0.1) is 11.7 Å². The number of ether oxygens (including phenoxy) is 1. The van der Waals surface area contributed by atoms with Crippen LogP contribution in [0.4, 0.5) is 0 Å². The molecule has 1 aliphatic carbocycles. The maximum absolute atomic E-state index is 10.3. The lowest BCUT2D eigenvalue weighted by atomic mass is 10.0. The highest BCUT2D eigenvalue weighted by atomic mass is 79.9. The Balaban J connectivity index is 2.10. The van der Waals surface area contributed by atoms with Crippen LogP contribution in [0, 0.1) is 0 Å². The summed E-state index contributed by atoms with van der Waals surface area (Å²) in [5.41, 5.74) is 0.0537. The molecule has 1 aromatic rings. The first-order chi connectivity index (χ1) is 8.50. The highest BCUT2D eigenvalue weighted by Crippen LogP contribution is 2.33. The van der Waals surface area contributed by atoms with Crippen LogP contribution < -0.4 is 4.74 Å². The van der Waals surface area contributed by atoms with E-state index in [-0.39, 0.29) is 0 Å². The number of aliphatic hydroxyl groups excluding tert-OH is 1. The van der Waals surface area contributed by atoms with E-state index in [0.717, 1.165) is 35.7 Å². The maximum Gasteiger partial charge on any atom is 0.126 e. The number of rotatable bonds is 4. The van der Waals surface area contributed by atoms with Crippen LogP contribution in [0.3, 0.4) is 0 Å². The van der Waals surface area contributed by atoms with Gasteiger partial charge in [0.2, 0.25) is 0 Å². The first kappa shape index (κ1) is 13.8. The topological polar surface area (TPSA) is 49.7 Å². The molecule has 1 saturated carbocycles. The molecule has 1 atom stereocenters. The molecule has 1 aliphatic rings. The second kappa shape index (κ2) is 5.59. The van der Waals surface area contributed by atoms with Crippen LogP contribution in [0.5, 0.6) is 5.75 Å². The highest BCUT2D eigenvalue weighted by Gasteiger charge is 2.32. The molecule has 1 aromatic carbocycles. The van der Waals surface area contributed by atoms with Gasteiger partial charge >= 0.3 is 0 Å². The van der Waals surface area contributed by atoms with Gasteiger partial charge in [-0.15, -0.1) is 0 Å². The van der Waals surface area contributed by atoms with Crippen LogP contribution in [0.15, 0.2) is 22.7 Å². The lowest BCUT2D eigenvalue weighted by Crippen LogP contribution is -2.32. The molecule has 0 aliphatic heterocycles. The normalized spacial score (nSPS) is 19.8. The third-order valence-electron chi connectivity index (χ3n) is 3.46. The van der Waals surface area contributed by atoms with Crippen LogP contribution >= 0.6 is 15.9 Å². The van der Waals surface area contributed by atoms with Gasteiger partial charge in [-0.1, -0.05) is 34.8 Å². The van der Waals surface area contributed by atoms with Gasteiger partial charge in [-0.2, -0.15) is 0 Å². The fraction of sp³-hybridized carbons (Fsp3) is 0.571. The predicted octanol–water partition coefficient (Wildman–Crippen LogP) is 3.19. The van der Waals surface area contributed by atoms with Crippen LogP contribution in [0.2, 0.25) is 0 Å². The zero-order valence-electron chi connectivity index (χ0n) is 10.5. The Morgan fingerprint density at radius 2 is 2.06 bits per heavy atom. The summed E-state index contributed by atoms with van der Waals surface area (Å²) in [5, 5.41) is 19.9. The molecular formula is C14H19BrO3. The van der Waals surface area contributed by atoms with Gasteiger partial charge in [0, 0.05) is 10.0 Å². The maximum atomic E-state index is 10.3. The minimum atomic E-state index is -0.696. The van der Waals surface area contributed by atoms with Crippen molar-refractivity contribution in [2.75, 3.05) is 6.61 Å². The van der Waals surface area contributed by atoms with E-state index in [2.05, 4.69) is 15.9 Å². The van der Waals surface area contributed by atoms with Gasteiger partial charge in [-0.3, -0.25) is 0 Å². The van der Waals surface area contributed by atoms with Crippen molar-refractivity contribution >= 4 is 15.9 Å². The fourth-order valence-corrected chi connectivity index (χ4v) is 2.71. The van der Waals surface area contributed by atoms with Gasteiger partial charge in [0.25, 0.3) is 0 Å². The Morgan fingerprint density at radius 1 is 1.39 bits per heavy atom. The number of halogens is 1. The fourth-order valence-electron chi connectivity index (χ4n) is 2.37. The van der Waals surface area contributed by atoms with Gasteiger partial charge in [-0.05, 0) is 31.9 Å². The summed E-state index contributed by atoms with van der Waals surface area (Å²) in [7, 11) is 0. The number of aliphatic hydroxyl groups is 2. The highest BCUT2D eigenvalue weighted by molar-refractivity contribution is 9.10. The summed E-state index contributed by atoms with van der Waals surface area (Å²) in [6.45, 7) is 2.00. The Hall–Kier alpha value is -0.580. The van der Waals surface area contributed by atoms with Crippen LogP contribution in [-0.4, -0.2) is 22.4 Å². The molecular weight excluding hydrogens is 296 g/mol. The molecule has 2 rings (SSSR count). The minimum absolute atomic E-state index is 0.295. The van der Waals surface area contributed by atoms with E-state index >= 15 is 0 Å². The van der Waals surface area contributed by atoms with Crippen molar-refractivity contribution in [1.29, 1.82) is 0 Å². The van der Waals surface area contributed by atoms with E-state index in [0.29, 0.717) is 12.4 Å². The summed E-state index contributed by atoms with van der Waals surface area (Å²) in [6.07, 6.45) is 3.13. The number of hydrogen-bond donors (Lipinski definition) is 2. The predicted molar refractivity (Wildman–Crippen MR) is 73.7 cm³/mol. The zero-order valence-corrected chi connectivity index (χ0v) is 12.1. The smallest absolute Gasteiger partial charge is 0.126 e. The quantitative estimate of drug-likeness (QED) is 0.897. The van der Waals surface area contributed by atoms with E-state index in [1.54, 1.807) is 6.92 Å². The first-order valence-electron chi connectivity index (χ1n) is 6.33. The molecule has 0 spiro atoms. The second-order valence-corrected chi connectivity index (χ2v) is 5.99. The Bertz CT molecular complexity index is 412. The molecule has 100 valence electrons. The average Bonchev–Trinajstić information content (AvgIpc) is 2.74. The molecule has 0 amide bonds. The monoisotopic (exact) mass is 314 g/mol. The Kier molecular flexibility index (Phi) is 4.30. The van der Waals surface area contributed by atoms with Crippen LogP contribution in [0.25, 0.3) is 0 Å². The first-order valence-corrected chi connectivity index (χ1v) is 7.12. The van der Waals surface area contributed by atoms with Gasteiger partial charge in [-0.25, -0.2) is 0 Å². The third kappa shape index (κ3) is 3.25. The molecule has 0 heterocycles. The summed E-state index contributed by atoms with van der Waals surface area (Å²) in [4.78, 5) is 0. The van der Waals surface area contributed by atoms with E-state index < -0.39 is 11.7 Å². The molecule has 2 N–H and O–H groups in total. The minimum Gasteiger partial charge on any atom is -0.490 e. The van der Waals surface area contributed by atoms with Gasteiger partial charge in [0.1, 0.15) is 12.4 Å². The van der Waals surface area contributed by atoms with Crippen molar-refractivity contribution in [3.63, 3.8) is 0 Å². The van der Waals surface area contributed by atoms with Crippen molar-refractivity contribution < 1.29 is 14.9 Å². The third-order valence-corrected chi connectivity index (χ3v) is 3.95. The molecule has 3 nitrogen and oxygen atoms in total. The number of hydrogen-bond acceptors (Lipinski definition) is 3. The molecule has 0 saturated heterocycles. The number of benzene rings is 1. The molecule has 0 radical (unpaired) electrons. The Morgan fingerprint density at radius 3 is 2.67 bits per heavy atom. The van der Waals surface area contributed by atoms with Crippen LogP contribution in [-0.2, 0) is 0 Å². The van der Waals surface area contributed by atoms with E-state index in [4.69, 9.17) is 4.74 Å². The largest absolute Gasteiger partial charge is 0.490 e. The van der Waals surface area contributed by atoms with Crippen molar-refractivity contribution in [2.45, 2.75) is 44.3 Å². The zero-order chi connectivity index (χ0) is 13.2. The molecule has 4 heteroatoms. The second-order valence-electron chi connectivity index (χ2n) is 5.08. The standard InChI is InChI=1S/C14H19BrO3/c1-10(16)12-5-4-11(15)8-13(12)18-9-14(17)6-2-3-7-14/h4-5,8,10,16-17H,2-3,6-7,9H2,1H3/t10-/m0/s1. The molecule has 18 heavy (non-hydrogen) atoms. The summed E-state index contributed by atoms with van der Waals surface area (Å²) < 4.78 is 6.63.